The quantitative estimate of drug-likeness (QED) is 0.819. The zero-order chi connectivity index (χ0) is 10.7. The van der Waals surface area contributed by atoms with Crippen molar-refractivity contribution in [3.63, 3.8) is 0 Å². The predicted octanol–water partition coefficient (Wildman–Crippen LogP) is 1.59. The van der Waals surface area contributed by atoms with Gasteiger partial charge in [-0.15, -0.1) is 0 Å². The molecule has 0 aliphatic rings. The van der Waals surface area contributed by atoms with Gasteiger partial charge < -0.3 is 5.73 Å². The van der Waals surface area contributed by atoms with Crippen molar-refractivity contribution in [2.24, 2.45) is 12.8 Å². The Kier molecular flexibility index (Phi) is 2.83. The van der Waals surface area contributed by atoms with Crippen LogP contribution in [0.5, 0.6) is 0 Å². The minimum Gasteiger partial charge on any atom is -0.330 e. The van der Waals surface area contributed by atoms with Crippen molar-refractivity contribution < 1.29 is 0 Å². The first-order valence-electron chi connectivity index (χ1n) is 5.09. The van der Waals surface area contributed by atoms with Crippen LogP contribution in [-0.4, -0.2) is 16.3 Å². The fourth-order valence-electron chi connectivity index (χ4n) is 1.79. The van der Waals surface area contributed by atoms with Crippen molar-refractivity contribution >= 4 is 0 Å². The lowest BCUT2D eigenvalue weighted by Crippen LogP contribution is -2.04. The lowest BCUT2D eigenvalue weighted by atomic mass is 10.1. The summed E-state index contributed by atoms with van der Waals surface area (Å²) in [5.41, 5.74) is 9.16. The molecule has 0 saturated carbocycles. The fourth-order valence-corrected chi connectivity index (χ4v) is 1.79. The van der Waals surface area contributed by atoms with Crippen LogP contribution in [0.3, 0.4) is 0 Å². The molecule has 3 nitrogen and oxygen atoms in total. The van der Waals surface area contributed by atoms with Crippen molar-refractivity contribution in [2.45, 2.75) is 6.42 Å². The molecular formula is C12H15N3. The smallest absolute Gasteiger partial charge is 0.0711 e. The molecule has 0 fully saturated rings. The van der Waals surface area contributed by atoms with Gasteiger partial charge in [-0.2, -0.15) is 5.10 Å². The summed E-state index contributed by atoms with van der Waals surface area (Å²) in [5.74, 6) is 0. The maximum atomic E-state index is 5.58. The molecule has 0 bridgehead atoms. The number of hydrogen-bond donors (Lipinski definition) is 1. The first-order chi connectivity index (χ1) is 7.33. The molecule has 0 aliphatic heterocycles. The summed E-state index contributed by atoms with van der Waals surface area (Å²) in [6.07, 6.45) is 2.77. The van der Waals surface area contributed by atoms with Crippen LogP contribution in [0.2, 0.25) is 0 Å². The van der Waals surface area contributed by atoms with Gasteiger partial charge in [0.15, 0.2) is 0 Å². The highest BCUT2D eigenvalue weighted by Gasteiger charge is 2.09. The molecule has 2 N–H and O–H groups in total. The summed E-state index contributed by atoms with van der Waals surface area (Å²) >= 11 is 0. The van der Waals surface area contributed by atoms with E-state index in [2.05, 4.69) is 17.2 Å². The standard InChI is InChI=1S/C12H15N3/c1-15-12(10-5-3-2-4-6-10)11(7-8-13)9-14-15/h2-6,9H,7-8,13H2,1H3. The molecule has 1 heterocycles. The van der Waals surface area contributed by atoms with Gasteiger partial charge in [-0.1, -0.05) is 30.3 Å². The number of benzene rings is 1. The van der Waals surface area contributed by atoms with Crippen LogP contribution >= 0.6 is 0 Å². The summed E-state index contributed by atoms with van der Waals surface area (Å²) in [6.45, 7) is 0.658. The van der Waals surface area contributed by atoms with Gasteiger partial charge in [-0.3, -0.25) is 4.68 Å². The Morgan fingerprint density at radius 3 is 2.67 bits per heavy atom. The summed E-state index contributed by atoms with van der Waals surface area (Å²) < 4.78 is 1.90. The molecule has 2 rings (SSSR count). The van der Waals surface area contributed by atoms with Crippen LogP contribution in [0, 0.1) is 0 Å². The Morgan fingerprint density at radius 1 is 1.27 bits per heavy atom. The second-order valence-electron chi connectivity index (χ2n) is 3.55. The van der Waals surface area contributed by atoms with Crippen LogP contribution in [-0.2, 0) is 13.5 Å². The fraction of sp³-hybridized carbons (Fsp3) is 0.250. The normalized spacial score (nSPS) is 10.5. The third-order valence-corrected chi connectivity index (χ3v) is 2.48. The molecule has 0 unspecified atom stereocenters. The van der Waals surface area contributed by atoms with Gasteiger partial charge in [0.2, 0.25) is 0 Å². The van der Waals surface area contributed by atoms with E-state index in [-0.39, 0.29) is 0 Å². The molecule has 0 spiro atoms. The van der Waals surface area contributed by atoms with E-state index in [4.69, 9.17) is 5.73 Å². The molecule has 0 radical (unpaired) electrons. The maximum absolute atomic E-state index is 5.58. The first-order valence-corrected chi connectivity index (χ1v) is 5.09. The second-order valence-corrected chi connectivity index (χ2v) is 3.55. The van der Waals surface area contributed by atoms with Gasteiger partial charge in [0.1, 0.15) is 0 Å². The molecule has 78 valence electrons. The average Bonchev–Trinajstić information content (AvgIpc) is 2.62. The number of nitrogens with zero attached hydrogens (tertiary/aromatic N) is 2. The molecule has 0 aliphatic carbocycles. The van der Waals surface area contributed by atoms with Gasteiger partial charge in [-0.25, -0.2) is 0 Å². The van der Waals surface area contributed by atoms with Gasteiger partial charge in [0.05, 0.1) is 11.9 Å². The SMILES string of the molecule is Cn1ncc(CCN)c1-c1ccccc1. The topological polar surface area (TPSA) is 43.8 Å². The minimum absolute atomic E-state index is 0.658. The van der Waals surface area contributed by atoms with E-state index in [1.807, 2.05) is 36.1 Å². The van der Waals surface area contributed by atoms with Crippen LogP contribution in [0.25, 0.3) is 11.3 Å². The monoisotopic (exact) mass is 201 g/mol. The van der Waals surface area contributed by atoms with Crippen molar-refractivity contribution in [2.75, 3.05) is 6.54 Å². The lowest BCUT2D eigenvalue weighted by Gasteiger charge is -2.05. The molecule has 15 heavy (non-hydrogen) atoms. The van der Waals surface area contributed by atoms with Crippen molar-refractivity contribution in [3.05, 3.63) is 42.1 Å². The Hall–Kier alpha value is -1.61. The highest BCUT2D eigenvalue weighted by molar-refractivity contribution is 5.63. The van der Waals surface area contributed by atoms with E-state index in [1.165, 1.54) is 16.8 Å². The summed E-state index contributed by atoms with van der Waals surface area (Å²) in [5, 5.41) is 4.27. The van der Waals surface area contributed by atoms with Crippen LogP contribution < -0.4 is 5.73 Å². The Balaban J connectivity index is 2.47. The summed E-state index contributed by atoms with van der Waals surface area (Å²) in [7, 11) is 1.96. The van der Waals surface area contributed by atoms with Crippen LogP contribution in [0.4, 0.5) is 0 Å². The van der Waals surface area contributed by atoms with Crippen molar-refractivity contribution in [1.29, 1.82) is 0 Å². The lowest BCUT2D eigenvalue weighted by molar-refractivity contribution is 0.775. The highest BCUT2D eigenvalue weighted by atomic mass is 15.3. The zero-order valence-corrected chi connectivity index (χ0v) is 8.85. The van der Waals surface area contributed by atoms with E-state index in [9.17, 15) is 0 Å². The van der Waals surface area contributed by atoms with Gasteiger partial charge in [-0.05, 0) is 18.5 Å². The van der Waals surface area contributed by atoms with Crippen LogP contribution in [0.15, 0.2) is 36.5 Å². The third kappa shape index (κ3) is 1.92. The number of nitrogens with two attached hydrogens (primary N) is 1. The molecular weight excluding hydrogens is 186 g/mol. The summed E-state index contributed by atoms with van der Waals surface area (Å²) in [6, 6.07) is 10.3. The van der Waals surface area contributed by atoms with Crippen molar-refractivity contribution in [3.8, 4) is 11.3 Å². The third-order valence-electron chi connectivity index (χ3n) is 2.48. The molecule has 0 amide bonds. The Morgan fingerprint density at radius 2 is 2.00 bits per heavy atom. The molecule has 0 saturated heterocycles. The summed E-state index contributed by atoms with van der Waals surface area (Å²) in [4.78, 5) is 0. The van der Waals surface area contributed by atoms with Crippen molar-refractivity contribution in [1.82, 2.24) is 9.78 Å². The predicted molar refractivity (Wildman–Crippen MR) is 61.4 cm³/mol. The van der Waals surface area contributed by atoms with E-state index in [0.29, 0.717) is 6.54 Å². The number of rotatable bonds is 3. The zero-order valence-electron chi connectivity index (χ0n) is 8.85. The Bertz CT molecular complexity index is 431. The molecule has 3 heteroatoms. The van der Waals surface area contributed by atoms with E-state index >= 15 is 0 Å². The average molecular weight is 201 g/mol. The van der Waals surface area contributed by atoms with Gasteiger partial charge >= 0.3 is 0 Å². The molecule has 0 atom stereocenters. The second kappa shape index (κ2) is 4.28. The van der Waals surface area contributed by atoms with E-state index in [1.54, 1.807) is 0 Å². The van der Waals surface area contributed by atoms with Gasteiger partial charge in [0, 0.05) is 12.6 Å². The number of aromatic nitrogens is 2. The highest BCUT2D eigenvalue weighted by Crippen LogP contribution is 2.22. The maximum Gasteiger partial charge on any atom is 0.0711 e. The molecule has 2 aromatic rings. The molecule has 1 aromatic carbocycles. The minimum atomic E-state index is 0.658. The largest absolute Gasteiger partial charge is 0.330 e. The molecule has 1 aromatic heterocycles. The van der Waals surface area contributed by atoms with E-state index in [0.717, 1.165) is 6.42 Å². The van der Waals surface area contributed by atoms with E-state index < -0.39 is 0 Å². The first kappa shape index (κ1) is 9.93. The number of hydrogen-bond acceptors (Lipinski definition) is 2. The Labute approximate surface area is 89.5 Å². The number of aryl methyl sites for hydroxylation is 1. The van der Waals surface area contributed by atoms with Gasteiger partial charge in [0.25, 0.3) is 0 Å². The van der Waals surface area contributed by atoms with Crippen LogP contribution in [0.1, 0.15) is 5.56 Å².